The van der Waals surface area contributed by atoms with E-state index in [0.29, 0.717) is 5.56 Å². The number of hydrogen-bond acceptors (Lipinski definition) is 7. The van der Waals surface area contributed by atoms with Crippen LogP contribution in [-0.4, -0.2) is 33.7 Å². The number of rotatable bonds is 4. The van der Waals surface area contributed by atoms with E-state index in [4.69, 9.17) is 5.26 Å². The van der Waals surface area contributed by atoms with Crippen LogP contribution in [0.4, 0.5) is 5.69 Å². The maximum atomic E-state index is 11.4. The van der Waals surface area contributed by atoms with E-state index < -0.39 is 5.97 Å². The number of aromatic nitrogens is 4. The van der Waals surface area contributed by atoms with Gasteiger partial charge >= 0.3 is 5.97 Å². The van der Waals surface area contributed by atoms with E-state index in [2.05, 4.69) is 53.3 Å². The van der Waals surface area contributed by atoms with Gasteiger partial charge in [-0.1, -0.05) is 0 Å². The number of methoxy groups -OCH3 is 1. The Morgan fingerprint density at radius 3 is 2.95 bits per heavy atom. The number of allylic oxidation sites excluding steroid dienone is 1. The van der Waals surface area contributed by atoms with Crippen LogP contribution in [0.3, 0.4) is 0 Å². The molecule has 106 valence electrons. The van der Waals surface area contributed by atoms with Crippen LogP contribution in [0.15, 0.2) is 24.4 Å². The monoisotopic (exact) mass is 396 g/mol. The van der Waals surface area contributed by atoms with Crippen molar-refractivity contribution in [3.05, 3.63) is 39.4 Å². The minimum atomic E-state index is -0.403. The fourth-order valence-corrected chi connectivity index (χ4v) is 2.12. The molecule has 0 unspecified atom stereocenters. The molecule has 2 rings (SSSR count). The third kappa shape index (κ3) is 3.54. The summed E-state index contributed by atoms with van der Waals surface area (Å²) in [6.07, 6.45) is 1.47. The number of esters is 1. The standard InChI is InChI=1S/C12H9IN6O2/c1-21-12(20)7-2-3-10(9(13)4-7)15-6-8(5-14)11-16-18-19-17-11/h2-4,6,15H,1H3,(H,16,17,18,19). The average Bonchev–Trinajstić information content (AvgIpc) is 3.02. The first-order chi connectivity index (χ1) is 10.2. The van der Waals surface area contributed by atoms with Crippen LogP contribution in [0.1, 0.15) is 16.2 Å². The third-order valence-electron chi connectivity index (χ3n) is 2.47. The van der Waals surface area contributed by atoms with Gasteiger partial charge in [0, 0.05) is 9.77 Å². The molecule has 0 aliphatic carbocycles. The van der Waals surface area contributed by atoms with E-state index in [0.717, 1.165) is 9.26 Å². The zero-order chi connectivity index (χ0) is 15.2. The van der Waals surface area contributed by atoms with Crippen molar-refractivity contribution in [2.75, 3.05) is 12.4 Å². The molecule has 2 N–H and O–H groups in total. The molecule has 0 bridgehead atoms. The molecule has 0 saturated heterocycles. The first-order valence-corrected chi connectivity index (χ1v) is 6.72. The summed E-state index contributed by atoms with van der Waals surface area (Å²) in [6, 6.07) is 7.00. The molecular formula is C12H9IN6O2. The summed E-state index contributed by atoms with van der Waals surface area (Å²) in [5.74, 6) is -0.203. The number of carbonyl (C=O) groups excluding carboxylic acids is 1. The quantitative estimate of drug-likeness (QED) is 0.458. The van der Waals surface area contributed by atoms with E-state index in [1.165, 1.54) is 13.3 Å². The Kier molecular flexibility index (Phi) is 4.83. The molecule has 0 aliphatic heterocycles. The molecule has 8 nitrogen and oxygen atoms in total. The molecule has 0 fully saturated rings. The van der Waals surface area contributed by atoms with E-state index in [1.54, 1.807) is 18.2 Å². The Bertz CT molecular complexity index is 720. The number of H-pyrrole nitrogens is 1. The van der Waals surface area contributed by atoms with Gasteiger partial charge in [0.1, 0.15) is 11.6 Å². The molecule has 1 heterocycles. The molecule has 1 aromatic carbocycles. The SMILES string of the molecule is COC(=O)c1ccc(NC=C(C#N)c2nn[nH]n2)c(I)c1. The lowest BCUT2D eigenvalue weighted by Crippen LogP contribution is -2.02. The highest BCUT2D eigenvalue weighted by Crippen LogP contribution is 2.21. The van der Waals surface area contributed by atoms with Crippen LogP contribution in [0, 0.1) is 14.9 Å². The number of aromatic amines is 1. The van der Waals surface area contributed by atoms with Crippen molar-refractivity contribution >= 4 is 39.8 Å². The van der Waals surface area contributed by atoms with Crippen molar-refractivity contribution in [3.63, 3.8) is 0 Å². The van der Waals surface area contributed by atoms with Gasteiger partial charge < -0.3 is 10.1 Å². The first-order valence-electron chi connectivity index (χ1n) is 5.64. The summed E-state index contributed by atoms with van der Waals surface area (Å²) < 4.78 is 5.45. The summed E-state index contributed by atoms with van der Waals surface area (Å²) in [6.45, 7) is 0. The van der Waals surface area contributed by atoms with Crippen LogP contribution in [0.5, 0.6) is 0 Å². The predicted octanol–water partition coefficient (Wildman–Crippen LogP) is 1.57. The van der Waals surface area contributed by atoms with Crippen LogP contribution >= 0.6 is 22.6 Å². The van der Waals surface area contributed by atoms with Gasteiger partial charge in [0.05, 0.1) is 18.4 Å². The molecule has 0 aliphatic rings. The molecule has 0 spiro atoms. The van der Waals surface area contributed by atoms with Crippen LogP contribution in [0.2, 0.25) is 0 Å². The van der Waals surface area contributed by atoms with E-state index in [-0.39, 0.29) is 11.4 Å². The van der Waals surface area contributed by atoms with E-state index in [1.807, 2.05) is 6.07 Å². The highest BCUT2D eigenvalue weighted by Gasteiger charge is 2.09. The second kappa shape index (κ2) is 6.80. The van der Waals surface area contributed by atoms with Gasteiger partial charge in [0.2, 0.25) is 5.82 Å². The summed E-state index contributed by atoms with van der Waals surface area (Å²) in [7, 11) is 1.33. The zero-order valence-corrected chi connectivity index (χ0v) is 13.0. The maximum absolute atomic E-state index is 11.4. The molecule has 2 aromatic rings. The number of anilines is 1. The van der Waals surface area contributed by atoms with Gasteiger partial charge in [-0.25, -0.2) is 4.79 Å². The fraction of sp³-hybridized carbons (Fsp3) is 0.0833. The normalized spacial score (nSPS) is 10.8. The second-order valence-electron chi connectivity index (χ2n) is 3.74. The summed E-state index contributed by atoms with van der Waals surface area (Å²) in [4.78, 5) is 11.4. The number of nitrogens with zero attached hydrogens (tertiary/aromatic N) is 4. The topological polar surface area (TPSA) is 117 Å². The van der Waals surface area contributed by atoms with Gasteiger partial charge in [-0.3, -0.25) is 0 Å². The Labute approximate surface area is 133 Å². The minimum Gasteiger partial charge on any atom is -0.465 e. The van der Waals surface area contributed by atoms with Gasteiger partial charge in [0.15, 0.2) is 0 Å². The van der Waals surface area contributed by atoms with Gasteiger partial charge in [-0.2, -0.15) is 10.5 Å². The molecule has 0 atom stereocenters. The number of halogens is 1. The molecular weight excluding hydrogens is 387 g/mol. The lowest BCUT2D eigenvalue weighted by molar-refractivity contribution is 0.0600. The number of carbonyl (C=O) groups is 1. The van der Waals surface area contributed by atoms with Crippen LogP contribution in [0.25, 0.3) is 5.57 Å². The van der Waals surface area contributed by atoms with Crippen molar-refractivity contribution in [2.45, 2.75) is 0 Å². The molecule has 0 amide bonds. The number of nitriles is 1. The van der Waals surface area contributed by atoms with Crippen molar-refractivity contribution in [3.8, 4) is 6.07 Å². The Hall–Kier alpha value is -2.48. The third-order valence-corrected chi connectivity index (χ3v) is 3.36. The minimum absolute atomic E-state index is 0.200. The van der Waals surface area contributed by atoms with Gasteiger partial charge in [-0.15, -0.1) is 10.2 Å². The highest BCUT2D eigenvalue weighted by molar-refractivity contribution is 14.1. The van der Waals surface area contributed by atoms with E-state index >= 15 is 0 Å². The van der Waals surface area contributed by atoms with Crippen LogP contribution < -0.4 is 5.32 Å². The average molecular weight is 396 g/mol. The van der Waals surface area contributed by atoms with E-state index in [9.17, 15) is 4.79 Å². The number of nitrogens with one attached hydrogen (secondary N) is 2. The molecule has 21 heavy (non-hydrogen) atoms. The number of benzene rings is 1. The van der Waals surface area contributed by atoms with Crippen molar-refractivity contribution < 1.29 is 9.53 Å². The number of tetrazole rings is 1. The number of hydrogen-bond donors (Lipinski definition) is 2. The Morgan fingerprint density at radius 1 is 1.57 bits per heavy atom. The van der Waals surface area contributed by atoms with Crippen LogP contribution in [-0.2, 0) is 4.74 Å². The second-order valence-corrected chi connectivity index (χ2v) is 4.90. The predicted molar refractivity (Wildman–Crippen MR) is 81.9 cm³/mol. The lowest BCUT2D eigenvalue weighted by Gasteiger charge is -2.06. The highest BCUT2D eigenvalue weighted by atomic mass is 127. The van der Waals surface area contributed by atoms with Gasteiger partial charge in [-0.05, 0) is 46.0 Å². The molecule has 9 heteroatoms. The smallest absolute Gasteiger partial charge is 0.337 e. The summed E-state index contributed by atoms with van der Waals surface area (Å²) in [5.41, 5.74) is 1.42. The lowest BCUT2D eigenvalue weighted by atomic mass is 10.2. The maximum Gasteiger partial charge on any atom is 0.337 e. The molecule has 1 aromatic heterocycles. The Balaban J connectivity index is 2.21. The largest absolute Gasteiger partial charge is 0.465 e. The van der Waals surface area contributed by atoms with Crippen molar-refractivity contribution in [1.29, 1.82) is 5.26 Å². The van der Waals surface area contributed by atoms with Crippen molar-refractivity contribution in [1.82, 2.24) is 20.6 Å². The fourth-order valence-electron chi connectivity index (χ4n) is 1.45. The summed E-state index contributed by atoms with van der Waals surface area (Å²) in [5, 5.41) is 25.2. The van der Waals surface area contributed by atoms with Crippen molar-refractivity contribution in [2.24, 2.45) is 0 Å². The zero-order valence-electron chi connectivity index (χ0n) is 10.8. The van der Waals surface area contributed by atoms with Gasteiger partial charge in [0.25, 0.3) is 0 Å². The summed E-state index contributed by atoms with van der Waals surface area (Å²) >= 11 is 2.08. The first kappa shape index (κ1) is 14.9. The molecule has 0 saturated carbocycles. The molecule has 0 radical (unpaired) electrons. The Morgan fingerprint density at radius 2 is 2.38 bits per heavy atom. The number of ether oxygens (including phenoxy) is 1.